The van der Waals surface area contributed by atoms with Crippen molar-refractivity contribution in [3.05, 3.63) is 27.7 Å². The fourth-order valence-corrected chi connectivity index (χ4v) is 2.54. The van der Waals surface area contributed by atoms with Crippen LogP contribution in [0.3, 0.4) is 0 Å². The molecule has 1 rings (SSSR count). The summed E-state index contributed by atoms with van der Waals surface area (Å²) < 4.78 is 1.83. The average Bonchev–Trinajstić information content (AvgIpc) is 2.44. The van der Waals surface area contributed by atoms with E-state index in [1.165, 1.54) is 6.07 Å². The highest BCUT2D eigenvalue weighted by atomic mass is 16.3. The van der Waals surface area contributed by atoms with Crippen molar-refractivity contribution in [1.82, 2.24) is 9.47 Å². The van der Waals surface area contributed by atoms with E-state index in [4.69, 9.17) is 0 Å². The van der Waals surface area contributed by atoms with Crippen LogP contribution in [0.15, 0.2) is 10.9 Å². The molecule has 1 aromatic heterocycles. The van der Waals surface area contributed by atoms with Crippen LogP contribution in [0.1, 0.15) is 45.0 Å². The number of pyridine rings is 1. The van der Waals surface area contributed by atoms with E-state index in [1.54, 1.807) is 0 Å². The first-order valence-corrected chi connectivity index (χ1v) is 7.36. The van der Waals surface area contributed by atoms with E-state index in [2.05, 4.69) is 18.7 Å². The SMILES string of the molecule is CCCN(CCC)Cc1c(O)c(=O)cc(CO)n1CC. The Balaban J connectivity index is 3.20. The molecule has 0 aliphatic rings. The van der Waals surface area contributed by atoms with E-state index in [9.17, 15) is 15.0 Å². The molecule has 5 nitrogen and oxygen atoms in total. The smallest absolute Gasteiger partial charge is 0.223 e. The van der Waals surface area contributed by atoms with Gasteiger partial charge in [0, 0.05) is 24.8 Å². The molecule has 114 valence electrons. The third-order valence-corrected chi connectivity index (χ3v) is 3.41. The van der Waals surface area contributed by atoms with E-state index in [0.29, 0.717) is 24.5 Å². The Morgan fingerprint density at radius 1 is 1.20 bits per heavy atom. The molecule has 0 saturated heterocycles. The van der Waals surface area contributed by atoms with Gasteiger partial charge in [-0.15, -0.1) is 0 Å². The van der Waals surface area contributed by atoms with Gasteiger partial charge in [0.05, 0.1) is 12.3 Å². The summed E-state index contributed by atoms with van der Waals surface area (Å²) in [7, 11) is 0. The zero-order valence-electron chi connectivity index (χ0n) is 12.7. The third kappa shape index (κ3) is 3.84. The minimum Gasteiger partial charge on any atom is -0.503 e. The monoisotopic (exact) mass is 282 g/mol. The van der Waals surface area contributed by atoms with E-state index in [1.807, 2.05) is 11.5 Å². The van der Waals surface area contributed by atoms with Crippen molar-refractivity contribution in [2.45, 2.75) is 53.3 Å². The molecular weight excluding hydrogens is 256 g/mol. The number of aromatic nitrogens is 1. The van der Waals surface area contributed by atoms with Crippen LogP contribution in [0.2, 0.25) is 0 Å². The van der Waals surface area contributed by atoms with Gasteiger partial charge in [-0.3, -0.25) is 9.69 Å². The summed E-state index contributed by atoms with van der Waals surface area (Å²) in [5.41, 5.74) is 0.742. The molecule has 0 aliphatic heterocycles. The first-order valence-electron chi connectivity index (χ1n) is 7.36. The number of aromatic hydroxyl groups is 1. The lowest BCUT2D eigenvalue weighted by Gasteiger charge is -2.25. The zero-order chi connectivity index (χ0) is 15.1. The van der Waals surface area contributed by atoms with Crippen molar-refractivity contribution >= 4 is 0 Å². The molecule has 1 heterocycles. The third-order valence-electron chi connectivity index (χ3n) is 3.41. The maximum atomic E-state index is 11.8. The van der Waals surface area contributed by atoms with E-state index in [0.717, 1.165) is 25.9 Å². The number of hydrogen-bond donors (Lipinski definition) is 2. The van der Waals surface area contributed by atoms with Crippen LogP contribution in [-0.4, -0.2) is 32.8 Å². The lowest BCUT2D eigenvalue weighted by Crippen LogP contribution is -2.29. The number of rotatable bonds is 8. The fourth-order valence-electron chi connectivity index (χ4n) is 2.54. The average molecular weight is 282 g/mol. The van der Waals surface area contributed by atoms with Crippen LogP contribution in [0.5, 0.6) is 5.75 Å². The van der Waals surface area contributed by atoms with Gasteiger partial charge in [0.15, 0.2) is 5.75 Å². The Bertz CT molecular complexity index is 477. The standard InChI is InChI=1S/C15H26N2O3/c1-4-7-16(8-5-2)10-13-15(20)14(19)9-12(11-18)17(13)6-3/h9,18,20H,4-8,10-11H2,1-3H3. The van der Waals surface area contributed by atoms with Crippen LogP contribution >= 0.6 is 0 Å². The molecule has 0 fully saturated rings. The van der Waals surface area contributed by atoms with Gasteiger partial charge in [0.25, 0.3) is 0 Å². The van der Waals surface area contributed by atoms with Crippen molar-refractivity contribution in [2.24, 2.45) is 0 Å². The van der Waals surface area contributed by atoms with Crippen molar-refractivity contribution in [3.63, 3.8) is 0 Å². The molecule has 0 radical (unpaired) electrons. The minimum atomic E-state index is -0.415. The number of aliphatic hydroxyl groups is 1. The topological polar surface area (TPSA) is 65.7 Å². The molecular formula is C15H26N2O3. The molecule has 0 unspecified atom stereocenters. The molecule has 1 aromatic rings. The van der Waals surface area contributed by atoms with Gasteiger partial charge in [-0.25, -0.2) is 0 Å². The lowest BCUT2D eigenvalue weighted by atomic mass is 10.2. The van der Waals surface area contributed by atoms with Crippen LogP contribution in [0.4, 0.5) is 0 Å². The van der Waals surface area contributed by atoms with Crippen LogP contribution in [-0.2, 0) is 19.7 Å². The quantitative estimate of drug-likeness (QED) is 0.761. The van der Waals surface area contributed by atoms with Gasteiger partial charge >= 0.3 is 0 Å². The summed E-state index contributed by atoms with van der Waals surface area (Å²) in [6.07, 6.45) is 2.05. The molecule has 0 amide bonds. The van der Waals surface area contributed by atoms with Crippen LogP contribution < -0.4 is 5.43 Å². The van der Waals surface area contributed by atoms with Gasteiger partial charge in [-0.1, -0.05) is 13.8 Å². The molecule has 0 bridgehead atoms. The van der Waals surface area contributed by atoms with Gasteiger partial charge in [0.1, 0.15) is 0 Å². The Labute approximate surface area is 120 Å². The van der Waals surface area contributed by atoms with E-state index in [-0.39, 0.29) is 12.4 Å². The second-order valence-corrected chi connectivity index (χ2v) is 4.97. The Morgan fingerprint density at radius 2 is 1.80 bits per heavy atom. The fraction of sp³-hybridized carbons (Fsp3) is 0.667. The number of hydrogen-bond acceptors (Lipinski definition) is 4. The van der Waals surface area contributed by atoms with Crippen molar-refractivity contribution < 1.29 is 10.2 Å². The lowest BCUT2D eigenvalue weighted by molar-refractivity contribution is 0.244. The highest BCUT2D eigenvalue weighted by molar-refractivity contribution is 5.30. The summed E-state index contributed by atoms with van der Waals surface area (Å²) in [6, 6.07) is 1.31. The molecule has 0 atom stereocenters. The summed E-state index contributed by atoms with van der Waals surface area (Å²) in [6.45, 7) is 8.96. The number of aliphatic hydroxyl groups excluding tert-OH is 1. The molecule has 5 heteroatoms. The summed E-state index contributed by atoms with van der Waals surface area (Å²) in [5, 5.41) is 19.4. The second kappa shape index (κ2) is 8.07. The zero-order valence-corrected chi connectivity index (χ0v) is 12.7. The van der Waals surface area contributed by atoms with Gasteiger partial charge < -0.3 is 14.8 Å². The number of nitrogens with zero attached hydrogens (tertiary/aromatic N) is 2. The predicted octanol–water partition coefficient (Wildman–Crippen LogP) is 1.69. The normalized spacial score (nSPS) is 11.2. The van der Waals surface area contributed by atoms with Gasteiger partial charge in [0.2, 0.25) is 5.43 Å². The van der Waals surface area contributed by atoms with E-state index < -0.39 is 5.43 Å². The summed E-state index contributed by atoms with van der Waals surface area (Å²) >= 11 is 0. The minimum absolute atomic E-state index is 0.193. The highest BCUT2D eigenvalue weighted by Gasteiger charge is 2.16. The van der Waals surface area contributed by atoms with Crippen LogP contribution in [0.25, 0.3) is 0 Å². The first kappa shape index (κ1) is 16.7. The first-order chi connectivity index (χ1) is 9.58. The van der Waals surface area contributed by atoms with Crippen molar-refractivity contribution in [3.8, 4) is 5.75 Å². The predicted molar refractivity (Wildman–Crippen MR) is 79.8 cm³/mol. The van der Waals surface area contributed by atoms with Crippen LogP contribution in [0, 0.1) is 0 Å². The highest BCUT2D eigenvalue weighted by Crippen LogP contribution is 2.17. The maximum absolute atomic E-state index is 11.8. The summed E-state index contributed by atoms with van der Waals surface area (Å²) in [4.78, 5) is 14.0. The molecule has 2 N–H and O–H groups in total. The van der Waals surface area contributed by atoms with Gasteiger partial charge in [-0.05, 0) is 32.9 Å². The molecule has 0 spiro atoms. The molecule has 20 heavy (non-hydrogen) atoms. The van der Waals surface area contributed by atoms with Crippen molar-refractivity contribution in [2.75, 3.05) is 13.1 Å². The largest absolute Gasteiger partial charge is 0.503 e. The molecule has 0 saturated carbocycles. The van der Waals surface area contributed by atoms with Gasteiger partial charge in [-0.2, -0.15) is 0 Å². The summed E-state index contributed by atoms with van der Waals surface area (Å²) in [5.74, 6) is -0.193. The Kier molecular flexibility index (Phi) is 6.75. The van der Waals surface area contributed by atoms with E-state index >= 15 is 0 Å². The molecule has 0 aromatic carbocycles. The molecule has 0 aliphatic carbocycles. The second-order valence-electron chi connectivity index (χ2n) is 4.97. The Morgan fingerprint density at radius 3 is 2.25 bits per heavy atom. The van der Waals surface area contributed by atoms with Crippen molar-refractivity contribution in [1.29, 1.82) is 0 Å². The Hall–Kier alpha value is -1.33. The maximum Gasteiger partial charge on any atom is 0.223 e.